The van der Waals surface area contributed by atoms with E-state index in [1.807, 2.05) is 86.6 Å². The van der Waals surface area contributed by atoms with E-state index >= 15 is 0 Å². The maximum absolute atomic E-state index is 13.3. The van der Waals surface area contributed by atoms with Gasteiger partial charge in [-0.25, -0.2) is 9.67 Å². The van der Waals surface area contributed by atoms with Crippen LogP contribution in [-0.4, -0.2) is 31.0 Å². The fourth-order valence-corrected chi connectivity index (χ4v) is 4.61. The number of amides is 1. The first-order chi connectivity index (χ1) is 17.0. The van der Waals surface area contributed by atoms with Crippen LogP contribution in [-0.2, 0) is 4.79 Å². The lowest BCUT2D eigenvalue weighted by Gasteiger charge is -2.13. The number of thioether (sulfide) groups is 1. The number of anilines is 1. The monoisotopic (exact) mass is 481 g/mol. The van der Waals surface area contributed by atoms with Crippen LogP contribution in [0.4, 0.5) is 5.82 Å². The molecule has 0 aliphatic carbocycles. The molecule has 0 bridgehead atoms. The van der Waals surface area contributed by atoms with Gasteiger partial charge in [0.1, 0.15) is 5.82 Å². The summed E-state index contributed by atoms with van der Waals surface area (Å²) in [6.07, 6.45) is 0. The number of nitrogens with one attached hydrogen (secondary N) is 1. The molecule has 5 aromatic rings. The summed E-state index contributed by atoms with van der Waals surface area (Å²) >= 11 is 1.22. The van der Waals surface area contributed by atoms with E-state index in [0.717, 1.165) is 16.9 Å². The fraction of sp³-hybridized carbons (Fsp3) is 0.111. The van der Waals surface area contributed by atoms with Crippen LogP contribution in [0, 0.1) is 13.8 Å². The Hall–Kier alpha value is -4.17. The molecule has 2 heterocycles. The zero-order chi connectivity index (χ0) is 24.4. The van der Waals surface area contributed by atoms with Gasteiger partial charge in [0.05, 0.1) is 33.7 Å². The lowest BCUT2D eigenvalue weighted by Crippen LogP contribution is -2.23. The predicted octanol–water partition coefficient (Wildman–Crippen LogP) is 4.92. The molecule has 3 aromatic carbocycles. The molecule has 8 heteroatoms. The molecule has 0 aliphatic heterocycles. The molecule has 0 fully saturated rings. The molecule has 0 saturated heterocycles. The second-order valence-corrected chi connectivity index (χ2v) is 9.09. The van der Waals surface area contributed by atoms with Crippen LogP contribution in [0.15, 0.2) is 94.9 Å². The molecule has 1 N–H and O–H groups in total. The fourth-order valence-electron chi connectivity index (χ4n) is 3.79. The van der Waals surface area contributed by atoms with E-state index in [1.165, 1.54) is 11.8 Å². The maximum atomic E-state index is 13.3. The Morgan fingerprint density at radius 1 is 0.914 bits per heavy atom. The molecule has 7 nitrogen and oxygen atoms in total. The van der Waals surface area contributed by atoms with Gasteiger partial charge in [-0.05, 0) is 50.2 Å². The number of para-hydroxylation sites is 2. The Labute approximate surface area is 206 Å². The minimum absolute atomic E-state index is 0.0791. The summed E-state index contributed by atoms with van der Waals surface area (Å²) in [5.74, 6) is 0.449. The van der Waals surface area contributed by atoms with Gasteiger partial charge in [-0.3, -0.25) is 14.2 Å². The van der Waals surface area contributed by atoms with Crippen LogP contribution < -0.4 is 10.9 Å². The zero-order valence-corrected chi connectivity index (χ0v) is 20.1. The van der Waals surface area contributed by atoms with E-state index in [2.05, 4.69) is 10.4 Å². The zero-order valence-electron chi connectivity index (χ0n) is 19.3. The first kappa shape index (κ1) is 22.6. The van der Waals surface area contributed by atoms with Crippen molar-refractivity contribution in [3.05, 3.63) is 107 Å². The number of nitrogens with zero attached hydrogens (tertiary/aromatic N) is 4. The number of rotatable bonds is 6. The van der Waals surface area contributed by atoms with E-state index < -0.39 is 0 Å². The van der Waals surface area contributed by atoms with Gasteiger partial charge in [-0.2, -0.15) is 5.10 Å². The number of aromatic nitrogens is 4. The molecule has 0 atom stereocenters. The van der Waals surface area contributed by atoms with Gasteiger partial charge in [-0.15, -0.1) is 0 Å². The van der Waals surface area contributed by atoms with Crippen LogP contribution in [0.2, 0.25) is 0 Å². The highest BCUT2D eigenvalue weighted by molar-refractivity contribution is 7.99. The molecular weight excluding hydrogens is 458 g/mol. The summed E-state index contributed by atoms with van der Waals surface area (Å²) in [6.45, 7) is 3.90. The third-order valence-electron chi connectivity index (χ3n) is 5.47. The van der Waals surface area contributed by atoms with Crippen LogP contribution in [0.1, 0.15) is 11.3 Å². The second-order valence-electron chi connectivity index (χ2n) is 8.14. The summed E-state index contributed by atoms with van der Waals surface area (Å²) in [5.41, 5.74) is 3.93. The molecule has 1 amide bonds. The van der Waals surface area contributed by atoms with E-state index in [1.54, 1.807) is 21.4 Å². The molecule has 0 saturated carbocycles. The Morgan fingerprint density at radius 3 is 2.40 bits per heavy atom. The van der Waals surface area contributed by atoms with Crippen molar-refractivity contribution in [2.24, 2.45) is 0 Å². The number of hydrogen-bond acceptors (Lipinski definition) is 5. The topological polar surface area (TPSA) is 81.8 Å². The minimum atomic E-state index is -0.217. The Morgan fingerprint density at radius 2 is 1.63 bits per heavy atom. The molecule has 0 radical (unpaired) electrons. The van der Waals surface area contributed by atoms with Crippen molar-refractivity contribution in [3.8, 4) is 11.4 Å². The second kappa shape index (κ2) is 9.60. The van der Waals surface area contributed by atoms with Crippen LogP contribution in [0.25, 0.3) is 22.3 Å². The molecule has 2 aromatic heterocycles. The van der Waals surface area contributed by atoms with Crippen molar-refractivity contribution in [3.63, 3.8) is 0 Å². The van der Waals surface area contributed by atoms with E-state index in [9.17, 15) is 9.59 Å². The number of carbonyl (C=O) groups is 1. The first-order valence-electron chi connectivity index (χ1n) is 11.1. The summed E-state index contributed by atoms with van der Waals surface area (Å²) in [4.78, 5) is 30.9. The SMILES string of the molecule is Cc1ccc(-n2nc(C)cc2NC(=O)CSc2nc3ccccc3c(=O)n2-c2ccccc2)cc1. The van der Waals surface area contributed by atoms with Crippen molar-refractivity contribution in [2.45, 2.75) is 19.0 Å². The third kappa shape index (κ3) is 4.74. The Kier molecular flexibility index (Phi) is 6.20. The molecule has 0 aliphatic rings. The summed E-state index contributed by atoms with van der Waals surface area (Å²) < 4.78 is 3.27. The van der Waals surface area contributed by atoms with Crippen molar-refractivity contribution in [2.75, 3.05) is 11.1 Å². The van der Waals surface area contributed by atoms with Crippen molar-refractivity contribution >= 4 is 34.4 Å². The minimum Gasteiger partial charge on any atom is -0.310 e. The summed E-state index contributed by atoms with van der Waals surface area (Å²) in [6, 6.07) is 26.3. The van der Waals surface area contributed by atoms with E-state index in [4.69, 9.17) is 4.98 Å². The van der Waals surface area contributed by atoms with Gasteiger partial charge in [0.25, 0.3) is 5.56 Å². The van der Waals surface area contributed by atoms with Gasteiger partial charge >= 0.3 is 0 Å². The maximum Gasteiger partial charge on any atom is 0.266 e. The Balaban J connectivity index is 1.42. The first-order valence-corrected chi connectivity index (χ1v) is 12.1. The van der Waals surface area contributed by atoms with Gasteiger partial charge < -0.3 is 5.32 Å². The van der Waals surface area contributed by atoms with Crippen LogP contribution >= 0.6 is 11.8 Å². The van der Waals surface area contributed by atoms with Gasteiger partial charge in [-0.1, -0.05) is 59.8 Å². The van der Waals surface area contributed by atoms with Crippen molar-refractivity contribution in [1.82, 2.24) is 19.3 Å². The highest BCUT2D eigenvalue weighted by Gasteiger charge is 2.16. The number of hydrogen-bond donors (Lipinski definition) is 1. The van der Waals surface area contributed by atoms with Crippen LogP contribution in [0.5, 0.6) is 0 Å². The predicted molar refractivity (Wildman–Crippen MR) is 140 cm³/mol. The lowest BCUT2D eigenvalue weighted by atomic mass is 10.2. The summed E-state index contributed by atoms with van der Waals surface area (Å²) in [5, 5.41) is 8.46. The molecule has 5 rings (SSSR count). The molecule has 0 unspecified atom stereocenters. The molecule has 0 spiro atoms. The highest BCUT2D eigenvalue weighted by atomic mass is 32.2. The number of fused-ring (bicyclic) bond motifs is 1. The van der Waals surface area contributed by atoms with Crippen LogP contribution in [0.3, 0.4) is 0 Å². The molecule has 35 heavy (non-hydrogen) atoms. The number of benzene rings is 3. The highest BCUT2D eigenvalue weighted by Crippen LogP contribution is 2.23. The normalized spacial score (nSPS) is 11.0. The summed E-state index contributed by atoms with van der Waals surface area (Å²) in [7, 11) is 0. The van der Waals surface area contributed by atoms with Crippen molar-refractivity contribution < 1.29 is 4.79 Å². The van der Waals surface area contributed by atoms with E-state index in [-0.39, 0.29) is 17.2 Å². The van der Waals surface area contributed by atoms with E-state index in [0.29, 0.717) is 27.6 Å². The van der Waals surface area contributed by atoms with Gasteiger partial charge in [0.15, 0.2) is 5.16 Å². The average molecular weight is 482 g/mol. The van der Waals surface area contributed by atoms with Crippen molar-refractivity contribution in [1.29, 1.82) is 0 Å². The van der Waals surface area contributed by atoms with Gasteiger partial charge in [0.2, 0.25) is 5.91 Å². The molecule has 174 valence electrons. The smallest absolute Gasteiger partial charge is 0.266 e. The number of carbonyl (C=O) groups excluding carboxylic acids is 1. The third-order valence-corrected chi connectivity index (χ3v) is 6.41. The average Bonchev–Trinajstić information content (AvgIpc) is 3.23. The Bertz CT molecular complexity index is 1570. The van der Waals surface area contributed by atoms with Gasteiger partial charge in [0, 0.05) is 6.07 Å². The largest absolute Gasteiger partial charge is 0.310 e. The lowest BCUT2D eigenvalue weighted by molar-refractivity contribution is -0.113. The molecular formula is C27H23N5O2S. The quantitative estimate of drug-likeness (QED) is 0.275. The number of aryl methyl sites for hydroxylation is 2. The standard InChI is InChI=1S/C27H23N5O2S/c1-18-12-14-21(15-13-18)32-24(16-19(2)30-32)29-25(33)17-35-27-28-23-11-7-6-10-22(23)26(34)31(27)20-8-4-3-5-9-20/h3-16H,17H2,1-2H3,(H,29,33).